The largest absolute Gasteiger partial charge is 0.324 e. The van der Waals surface area contributed by atoms with Crippen LogP contribution in [0.3, 0.4) is 0 Å². The molecule has 1 aliphatic rings. The lowest BCUT2D eigenvalue weighted by atomic mass is 9.89. The predicted octanol–water partition coefficient (Wildman–Crippen LogP) is 3.35. The molecule has 3 heteroatoms. The number of nitrogens with one attached hydrogen (secondary N) is 1. The highest BCUT2D eigenvalue weighted by Crippen LogP contribution is 2.24. The molecule has 0 amide bonds. The van der Waals surface area contributed by atoms with E-state index in [1.54, 1.807) is 0 Å². The molecule has 0 bridgehead atoms. The number of para-hydroxylation sites is 1. The van der Waals surface area contributed by atoms with Gasteiger partial charge in [0.25, 0.3) is 0 Å². The van der Waals surface area contributed by atoms with Crippen LogP contribution >= 0.6 is 0 Å². The molecule has 92 valence electrons. The minimum absolute atomic E-state index is 0.703. The van der Waals surface area contributed by atoms with Crippen molar-refractivity contribution in [2.24, 2.45) is 5.92 Å². The number of benzene rings is 1. The van der Waals surface area contributed by atoms with Gasteiger partial charge >= 0.3 is 0 Å². The van der Waals surface area contributed by atoms with Crippen molar-refractivity contribution >= 4 is 11.6 Å². The fourth-order valence-corrected chi connectivity index (χ4v) is 2.40. The van der Waals surface area contributed by atoms with E-state index in [1.807, 2.05) is 36.5 Å². The third-order valence-corrected chi connectivity index (χ3v) is 3.43. The van der Waals surface area contributed by atoms with Gasteiger partial charge in [0.05, 0.1) is 0 Å². The predicted molar refractivity (Wildman–Crippen MR) is 72.9 cm³/mol. The Balaban J connectivity index is 1.82. The molecule has 0 fully saturated rings. The van der Waals surface area contributed by atoms with E-state index in [2.05, 4.69) is 22.2 Å². The van der Waals surface area contributed by atoms with Crippen LogP contribution in [0.5, 0.6) is 0 Å². The van der Waals surface area contributed by atoms with Gasteiger partial charge in [-0.3, -0.25) is 0 Å². The molecule has 1 N–H and O–H groups in total. The molecular formula is C15H17N3. The summed E-state index contributed by atoms with van der Waals surface area (Å²) in [6, 6.07) is 10.0. The van der Waals surface area contributed by atoms with Crippen LogP contribution < -0.4 is 5.32 Å². The molecule has 0 radical (unpaired) electrons. The molecule has 1 unspecified atom stereocenters. The van der Waals surface area contributed by atoms with Gasteiger partial charge in [-0.25, -0.2) is 9.97 Å². The van der Waals surface area contributed by atoms with Gasteiger partial charge in [0.15, 0.2) is 0 Å². The number of aromatic nitrogens is 2. The Labute approximate surface area is 107 Å². The molecule has 18 heavy (non-hydrogen) atoms. The normalized spacial score (nSPS) is 18.2. The first-order valence-electron chi connectivity index (χ1n) is 6.48. The molecule has 0 aliphatic heterocycles. The first-order chi connectivity index (χ1) is 8.81. The Hall–Kier alpha value is -1.90. The Morgan fingerprint density at radius 3 is 2.89 bits per heavy atom. The molecule has 0 spiro atoms. The molecule has 2 aromatic rings. The molecule has 1 heterocycles. The van der Waals surface area contributed by atoms with Crippen LogP contribution in [-0.2, 0) is 12.8 Å². The summed E-state index contributed by atoms with van der Waals surface area (Å²) in [4.78, 5) is 9.02. The number of rotatable bonds is 2. The van der Waals surface area contributed by atoms with Crippen molar-refractivity contribution in [2.75, 3.05) is 5.32 Å². The maximum atomic E-state index is 4.62. The van der Waals surface area contributed by atoms with Gasteiger partial charge in [0.2, 0.25) is 5.95 Å². The highest BCUT2D eigenvalue weighted by atomic mass is 15.1. The molecule has 3 nitrogen and oxygen atoms in total. The van der Waals surface area contributed by atoms with E-state index in [9.17, 15) is 0 Å². The Bertz CT molecular complexity index is 537. The van der Waals surface area contributed by atoms with Gasteiger partial charge in [0, 0.05) is 17.6 Å². The summed E-state index contributed by atoms with van der Waals surface area (Å²) in [6.07, 6.45) is 5.39. The van der Waals surface area contributed by atoms with Crippen LogP contribution in [0.2, 0.25) is 0 Å². The summed E-state index contributed by atoms with van der Waals surface area (Å²) >= 11 is 0. The van der Waals surface area contributed by atoms with E-state index in [0.29, 0.717) is 5.95 Å². The monoisotopic (exact) mass is 239 g/mol. The fourth-order valence-electron chi connectivity index (χ4n) is 2.40. The summed E-state index contributed by atoms with van der Waals surface area (Å²) < 4.78 is 0. The molecule has 1 aliphatic carbocycles. The zero-order chi connectivity index (χ0) is 12.4. The van der Waals surface area contributed by atoms with Gasteiger partial charge in [-0.2, -0.15) is 0 Å². The number of aryl methyl sites for hydroxylation is 1. The van der Waals surface area contributed by atoms with E-state index in [4.69, 9.17) is 0 Å². The minimum atomic E-state index is 0.703. The van der Waals surface area contributed by atoms with Crippen LogP contribution in [-0.4, -0.2) is 9.97 Å². The second-order valence-electron chi connectivity index (χ2n) is 5.00. The fraction of sp³-hybridized carbons (Fsp3) is 0.333. The second kappa shape index (κ2) is 4.77. The van der Waals surface area contributed by atoms with Crippen molar-refractivity contribution in [1.29, 1.82) is 0 Å². The topological polar surface area (TPSA) is 37.8 Å². The molecule has 3 rings (SSSR count). The van der Waals surface area contributed by atoms with E-state index < -0.39 is 0 Å². The number of anilines is 2. The first-order valence-corrected chi connectivity index (χ1v) is 6.48. The van der Waals surface area contributed by atoms with Crippen molar-refractivity contribution in [3.63, 3.8) is 0 Å². The van der Waals surface area contributed by atoms with Crippen LogP contribution in [0.4, 0.5) is 11.6 Å². The smallest absolute Gasteiger partial charge is 0.227 e. The molecule has 1 atom stereocenters. The summed E-state index contributed by atoms with van der Waals surface area (Å²) in [5, 5.41) is 3.24. The maximum Gasteiger partial charge on any atom is 0.227 e. The number of fused-ring (bicyclic) bond motifs is 1. The van der Waals surface area contributed by atoms with Crippen LogP contribution in [0.15, 0.2) is 36.5 Å². The first kappa shape index (κ1) is 11.2. The molecular weight excluding hydrogens is 222 g/mol. The third-order valence-electron chi connectivity index (χ3n) is 3.43. The van der Waals surface area contributed by atoms with E-state index >= 15 is 0 Å². The number of hydrogen-bond donors (Lipinski definition) is 1. The van der Waals surface area contributed by atoms with Crippen molar-refractivity contribution in [1.82, 2.24) is 9.97 Å². The number of hydrogen-bond acceptors (Lipinski definition) is 3. The van der Waals surface area contributed by atoms with Crippen LogP contribution in [0.25, 0.3) is 0 Å². The van der Waals surface area contributed by atoms with E-state index in [1.165, 1.54) is 17.7 Å². The summed E-state index contributed by atoms with van der Waals surface area (Å²) in [6.45, 7) is 2.29. The van der Waals surface area contributed by atoms with Gasteiger partial charge in [-0.05, 0) is 42.9 Å². The lowest BCUT2D eigenvalue weighted by Gasteiger charge is -2.20. The van der Waals surface area contributed by atoms with Gasteiger partial charge in [0.1, 0.15) is 0 Å². The Morgan fingerprint density at radius 1 is 1.22 bits per heavy atom. The molecule has 0 saturated heterocycles. The second-order valence-corrected chi connectivity index (χ2v) is 5.00. The Morgan fingerprint density at radius 2 is 2.06 bits per heavy atom. The zero-order valence-electron chi connectivity index (χ0n) is 10.6. The molecule has 0 saturated carbocycles. The van der Waals surface area contributed by atoms with Crippen molar-refractivity contribution in [3.05, 3.63) is 47.8 Å². The third kappa shape index (κ3) is 2.35. The van der Waals surface area contributed by atoms with Gasteiger partial charge in [-0.15, -0.1) is 0 Å². The lowest BCUT2D eigenvalue weighted by Crippen LogP contribution is -2.14. The number of nitrogens with zero attached hydrogens (tertiary/aromatic N) is 2. The van der Waals surface area contributed by atoms with Crippen molar-refractivity contribution in [2.45, 2.75) is 26.2 Å². The quantitative estimate of drug-likeness (QED) is 0.873. The van der Waals surface area contributed by atoms with Gasteiger partial charge < -0.3 is 5.32 Å². The SMILES string of the molecule is CC1CCc2nc(Nc3ccccc3)ncc2C1. The highest BCUT2D eigenvalue weighted by molar-refractivity contribution is 5.52. The molecule has 1 aromatic carbocycles. The standard InChI is InChI=1S/C15H17N3/c1-11-7-8-14-12(9-11)10-16-15(18-14)17-13-5-3-2-4-6-13/h2-6,10-11H,7-9H2,1H3,(H,16,17,18). The van der Waals surface area contributed by atoms with E-state index in [-0.39, 0.29) is 0 Å². The van der Waals surface area contributed by atoms with Crippen LogP contribution in [0, 0.1) is 5.92 Å². The van der Waals surface area contributed by atoms with Gasteiger partial charge in [-0.1, -0.05) is 25.1 Å². The molecule has 1 aromatic heterocycles. The van der Waals surface area contributed by atoms with Crippen molar-refractivity contribution < 1.29 is 0 Å². The highest BCUT2D eigenvalue weighted by Gasteiger charge is 2.17. The maximum absolute atomic E-state index is 4.62. The average molecular weight is 239 g/mol. The Kier molecular flexibility index (Phi) is 2.97. The van der Waals surface area contributed by atoms with Crippen molar-refractivity contribution in [3.8, 4) is 0 Å². The summed E-state index contributed by atoms with van der Waals surface area (Å²) in [5.74, 6) is 1.46. The lowest BCUT2D eigenvalue weighted by molar-refractivity contribution is 0.492. The van der Waals surface area contributed by atoms with Crippen LogP contribution in [0.1, 0.15) is 24.6 Å². The minimum Gasteiger partial charge on any atom is -0.324 e. The van der Waals surface area contributed by atoms with E-state index in [0.717, 1.165) is 24.4 Å². The summed E-state index contributed by atoms with van der Waals surface area (Å²) in [7, 11) is 0. The summed E-state index contributed by atoms with van der Waals surface area (Å²) in [5.41, 5.74) is 3.55. The zero-order valence-corrected chi connectivity index (χ0v) is 10.6. The average Bonchev–Trinajstić information content (AvgIpc) is 2.40.